The molecule has 1 saturated heterocycles. The van der Waals surface area contributed by atoms with E-state index in [0.717, 1.165) is 0 Å². The second-order valence-corrected chi connectivity index (χ2v) is 8.70. The van der Waals surface area contributed by atoms with Gasteiger partial charge < -0.3 is 26.0 Å². The van der Waals surface area contributed by atoms with Gasteiger partial charge in [0.05, 0.1) is 18.3 Å². The van der Waals surface area contributed by atoms with E-state index < -0.39 is 53.8 Å². The van der Waals surface area contributed by atoms with Crippen LogP contribution in [0, 0.1) is 5.92 Å². The van der Waals surface area contributed by atoms with E-state index in [1.165, 1.54) is 18.7 Å². The topological polar surface area (TPSA) is 162 Å². The van der Waals surface area contributed by atoms with Crippen molar-refractivity contribution < 1.29 is 33.9 Å². The number of carbonyl (C=O) groups is 6. The van der Waals surface area contributed by atoms with Crippen molar-refractivity contribution in [3.63, 3.8) is 0 Å². The molecule has 0 spiro atoms. The summed E-state index contributed by atoms with van der Waals surface area (Å²) in [4.78, 5) is 73.7. The number of aliphatic carboxylic acids is 1. The number of ketones is 1. The lowest BCUT2D eigenvalue weighted by Gasteiger charge is -2.29. The Morgan fingerprint density at radius 1 is 0.970 bits per heavy atom. The summed E-state index contributed by atoms with van der Waals surface area (Å²) in [6.45, 7) is 6.78. The van der Waals surface area contributed by atoms with Crippen molar-refractivity contribution in [1.82, 2.24) is 20.9 Å². The van der Waals surface area contributed by atoms with Crippen molar-refractivity contribution in [2.75, 3.05) is 12.4 Å². The highest BCUT2D eigenvalue weighted by Crippen LogP contribution is 2.19. The zero-order valence-electron chi connectivity index (χ0n) is 19.4. The summed E-state index contributed by atoms with van der Waals surface area (Å²) in [5, 5.41) is 16.2. The van der Waals surface area contributed by atoms with E-state index in [1.807, 2.05) is 0 Å². The van der Waals surface area contributed by atoms with E-state index in [2.05, 4.69) is 16.0 Å². The number of Topliss-reactive ketones (excluding diaryl/α,β-unsaturated/α-hetero) is 1. The molecule has 0 saturated carbocycles. The second-order valence-electron chi connectivity index (χ2n) is 8.43. The molecule has 4 atom stereocenters. The number of hydrogen-bond acceptors (Lipinski definition) is 6. The number of amides is 4. The van der Waals surface area contributed by atoms with Crippen molar-refractivity contribution in [3.8, 4) is 0 Å². The highest BCUT2D eigenvalue weighted by Gasteiger charge is 2.38. The van der Waals surface area contributed by atoms with Crippen LogP contribution >= 0.6 is 11.6 Å². The van der Waals surface area contributed by atoms with Crippen molar-refractivity contribution in [2.45, 2.75) is 77.5 Å². The molecule has 1 aliphatic heterocycles. The van der Waals surface area contributed by atoms with E-state index in [1.54, 1.807) is 13.8 Å². The molecule has 0 radical (unpaired) electrons. The Balaban J connectivity index is 2.70. The molecule has 1 heterocycles. The molecule has 186 valence electrons. The lowest BCUT2D eigenvalue weighted by Crippen LogP contribution is -2.56. The summed E-state index contributed by atoms with van der Waals surface area (Å²) in [5.41, 5.74) is 0. The van der Waals surface area contributed by atoms with Gasteiger partial charge in [-0.05, 0) is 32.6 Å². The number of rotatable bonds is 12. The van der Waals surface area contributed by atoms with Crippen LogP contribution in [0.4, 0.5) is 0 Å². The predicted molar refractivity (Wildman–Crippen MR) is 119 cm³/mol. The Bertz CT molecular complexity index is 774. The summed E-state index contributed by atoms with van der Waals surface area (Å²) >= 11 is 5.63. The maximum Gasteiger partial charge on any atom is 0.303 e. The van der Waals surface area contributed by atoms with Gasteiger partial charge in [0, 0.05) is 13.0 Å². The molecule has 0 aliphatic carbocycles. The van der Waals surface area contributed by atoms with Gasteiger partial charge in [0.1, 0.15) is 18.1 Å². The van der Waals surface area contributed by atoms with Crippen LogP contribution in [-0.2, 0) is 28.8 Å². The fourth-order valence-electron chi connectivity index (χ4n) is 3.50. The van der Waals surface area contributed by atoms with Crippen LogP contribution in [0.2, 0.25) is 0 Å². The Kier molecular flexibility index (Phi) is 11.3. The molecule has 0 bridgehead atoms. The third-order valence-corrected chi connectivity index (χ3v) is 5.61. The standard InChI is InChI=1S/C21H33ClN4O7/c1-11(2)18(15(27)10-22)25-20(32)14-6-5-9-26(14)21(33)13(4)24-19(31)12(3)23-16(28)7-8-17(29)30/h11-14,18H,5-10H2,1-4H3,(H,23,28)(H,24,31)(H,25,32)(H,29,30)/t12-,13-,14-,18?/m0/s1. The van der Waals surface area contributed by atoms with Gasteiger partial charge >= 0.3 is 5.97 Å². The minimum atomic E-state index is -1.13. The molecule has 0 aromatic carbocycles. The molecular formula is C21H33ClN4O7. The largest absolute Gasteiger partial charge is 0.481 e. The Morgan fingerprint density at radius 3 is 2.15 bits per heavy atom. The molecule has 0 aromatic rings. The van der Waals surface area contributed by atoms with Crippen LogP contribution in [-0.4, -0.2) is 82.0 Å². The van der Waals surface area contributed by atoms with Crippen LogP contribution in [0.25, 0.3) is 0 Å². The van der Waals surface area contributed by atoms with E-state index >= 15 is 0 Å². The molecule has 1 aliphatic rings. The molecular weight excluding hydrogens is 456 g/mol. The number of nitrogens with zero attached hydrogens (tertiary/aromatic N) is 1. The molecule has 1 rings (SSSR count). The zero-order chi connectivity index (χ0) is 25.3. The van der Waals surface area contributed by atoms with E-state index in [-0.39, 0.29) is 30.4 Å². The first-order valence-electron chi connectivity index (χ1n) is 10.9. The zero-order valence-corrected chi connectivity index (χ0v) is 20.1. The van der Waals surface area contributed by atoms with Crippen molar-refractivity contribution >= 4 is 47.0 Å². The van der Waals surface area contributed by atoms with E-state index in [0.29, 0.717) is 19.4 Å². The molecule has 1 fully saturated rings. The first-order valence-corrected chi connectivity index (χ1v) is 11.4. The summed E-state index contributed by atoms with van der Waals surface area (Å²) in [6, 6.07) is -3.47. The number of hydrogen-bond donors (Lipinski definition) is 4. The van der Waals surface area contributed by atoms with Gasteiger partial charge in [-0.15, -0.1) is 11.6 Å². The number of nitrogens with one attached hydrogen (secondary N) is 3. The van der Waals surface area contributed by atoms with Gasteiger partial charge in [0.25, 0.3) is 0 Å². The average molecular weight is 489 g/mol. The Labute approximate surface area is 198 Å². The van der Waals surface area contributed by atoms with Gasteiger partial charge in [0.15, 0.2) is 5.78 Å². The monoisotopic (exact) mass is 488 g/mol. The van der Waals surface area contributed by atoms with Gasteiger partial charge in [-0.2, -0.15) is 0 Å². The van der Waals surface area contributed by atoms with Crippen LogP contribution in [0.5, 0.6) is 0 Å². The minimum absolute atomic E-state index is 0.170. The van der Waals surface area contributed by atoms with Crippen LogP contribution in [0.1, 0.15) is 53.4 Å². The van der Waals surface area contributed by atoms with E-state index in [9.17, 15) is 28.8 Å². The van der Waals surface area contributed by atoms with Gasteiger partial charge in [-0.25, -0.2) is 0 Å². The third-order valence-electron chi connectivity index (χ3n) is 5.35. The highest BCUT2D eigenvalue weighted by atomic mass is 35.5. The molecule has 4 N–H and O–H groups in total. The van der Waals surface area contributed by atoms with Crippen molar-refractivity contribution in [1.29, 1.82) is 0 Å². The SMILES string of the molecule is CC(C)C(NC(=O)[C@@H]1CCCN1C(=O)[C@H](C)NC(=O)[C@H](C)NC(=O)CCC(=O)O)C(=O)CCl. The first-order chi connectivity index (χ1) is 15.4. The normalized spacial score (nSPS) is 18.2. The summed E-state index contributed by atoms with van der Waals surface area (Å²) in [7, 11) is 0. The summed E-state index contributed by atoms with van der Waals surface area (Å²) in [6.07, 6.45) is 0.391. The Morgan fingerprint density at radius 2 is 1.61 bits per heavy atom. The third kappa shape index (κ3) is 8.64. The van der Waals surface area contributed by atoms with Crippen molar-refractivity contribution in [3.05, 3.63) is 0 Å². The van der Waals surface area contributed by atoms with Gasteiger partial charge in [0.2, 0.25) is 23.6 Å². The second kappa shape index (κ2) is 13.1. The van der Waals surface area contributed by atoms with Gasteiger partial charge in [-0.1, -0.05) is 13.8 Å². The number of halogens is 1. The number of carboxylic acids is 1. The smallest absolute Gasteiger partial charge is 0.303 e. The quantitative estimate of drug-likeness (QED) is 0.276. The van der Waals surface area contributed by atoms with E-state index in [4.69, 9.17) is 16.7 Å². The fraction of sp³-hybridized carbons (Fsp3) is 0.714. The molecule has 0 aromatic heterocycles. The van der Waals surface area contributed by atoms with Crippen LogP contribution in [0.15, 0.2) is 0 Å². The average Bonchev–Trinajstić information content (AvgIpc) is 3.24. The maximum atomic E-state index is 12.9. The first kappa shape index (κ1) is 28.3. The molecule has 1 unspecified atom stereocenters. The van der Waals surface area contributed by atoms with Crippen LogP contribution < -0.4 is 16.0 Å². The molecule has 12 heteroatoms. The fourth-order valence-corrected chi connectivity index (χ4v) is 3.67. The lowest BCUT2D eigenvalue weighted by molar-refractivity contribution is -0.142. The molecule has 33 heavy (non-hydrogen) atoms. The summed E-state index contributed by atoms with van der Waals surface area (Å²) < 4.78 is 0. The summed E-state index contributed by atoms with van der Waals surface area (Å²) in [5.74, 6) is -3.96. The maximum absolute atomic E-state index is 12.9. The van der Waals surface area contributed by atoms with Crippen molar-refractivity contribution in [2.24, 2.45) is 5.92 Å². The number of carbonyl (C=O) groups excluding carboxylic acids is 5. The lowest BCUT2D eigenvalue weighted by atomic mass is 10.00. The van der Waals surface area contributed by atoms with Crippen LogP contribution in [0.3, 0.4) is 0 Å². The predicted octanol–water partition coefficient (Wildman–Crippen LogP) is -0.200. The minimum Gasteiger partial charge on any atom is -0.481 e. The number of alkyl halides is 1. The molecule has 4 amide bonds. The Hall–Kier alpha value is -2.69. The highest BCUT2D eigenvalue weighted by molar-refractivity contribution is 6.28. The van der Waals surface area contributed by atoms with Gasteiger partial charge in [-0.3, -0.25) is 28.8 Å². The molecule has 11 nitrogen and oxygen atoms in total. The number of carboxylic acid groups (broad SMARTS) is 1. The number of likely N-dealkylation sites (tertiary alicyclic amines) is 1.